The molecule has 1 fully saturated rings. The average Bonchev–Trinajstić information content (AvgIpc) is 2.29. The number of aliphatic hydroxyl groups excluding tert-OH is 1. The zero-order valence-corrected chi connectivity index (χ0v) is 11.2. The highest BCUT2D eigenvalue weighted by Gasteiger charge is 2.29. The Morgan fingerprint density at radius 1 is 1.33 bits per heavy atom. The summed E-state index contributed by atoms with van der Waals surface area (Å²) in [6.07, 6.45) is 0.601. The first-order valence-corrected chi connectivity index (χ1v) is 7.39. The molecule has 0 amide bonds. The predicted octanol–water partition coefficient (Wildman–Crippen LogP) is 0.723. The molecule has 0 atom stereocenters. The average molecular weight is 270 g/mol. The third kappa shape index (κ3) is 2.50. The van der Waals surface area contributed by atoms with E-state index in [9.17, 15) is 13.5 Å². The number of nitrogens with zero attached hydrogens (tertiary/aromatic N) is 1. The fourth-order valence-electron chi connectivity index (χ4n) is 2.18. The first-order valence-electron chi connectivity index (χ1n) is 5.95. The molecule has 1 aromatic carbocycles. The second-order valence-electron chi connectivity index (χ2n) is 4.66. The number of hydrogen-bond acceptors (Lipinski definition) is 4. The molecule has 0 aromatic heterocycles. The van der Waals surface area contributed by atoms with Gasteiger partial charge in [-0.15, -0.1) is 0 Å². The van der Waals surface area contributed by atoms with Crippen LogP contribution in [0.2, 0.25) is 0 Å². The highest BCUT2D eigenvalue weighted by Crippen LogP contribution is 2.24. The Labute approximate surface area is 107 Å². The van der Waals surface area contributed by atoms with Crippen molar-refractivity contribution in [2.45, 2.75) is 30.8 Å². The minimum atomic E-state index is -3.47. The van der Waals surface area contributed by atoms with Gasteiger partial charge >= 0.3 is 0 Å². The maximum atomic E-state index is 12.4. The van der Waals surface area contributed by atoms with E-state index in [2.05, 4.69) is 0 Å². The van der Waals surface area contributed by atoms with Crippen molar-refractivity contribution in [1.82, 2.24) is 4.31 Å². The third-order valence-corrected chi connectivity index (χ3v) is 5.30. The van der Waals surface area contributed by atoms with Gasteiger partial charge in [0.2, 0.25) is 10.0 Å². The first kappa shape index (κ1) is 13.3. The summed E-state index contributed by atoms with van der Waals surface area (Å²) in [6.45, 7) is 2.47. The van der Waals surface area contributed by atoms with E-state index in [0.717, 1.165) is 0 Å². The molecule has 1 aromatic rings. The molecule has 0 spiro atoms. The Hall–Kier alpha value is -1.11. The number of rotatable bonds is 2. The van der Waals surface area contributed by atoms with Crippen molar-refractivity contribution in [1.29, 1.82) is 0 Å². The smallest absolute Gasteiger partial charge is 0.243 e. The number of sulfonamides is 1. The fraction of sp³-hybridized carbons (Fsp3) is 0.500. The summed E-state index contributed by atoms with van der Waals surface area (Å²) in [5.41, 5.74) is 6.84. The molecule has 0 bridgehead atoms. The Kier molecular flexibility index (Phi) is 3.61. The zero-order chi connectivity index (χ0) is 13.3. The van der Waals surface area contributed by atoms with E-state index in [1.54, 1.807) is 25.1 Å². The van der Waals surface area contributed by atoms with Crippen LogP contribution in [0, 0.1) is 6.92 Å². The molecular weight excluding hydrogens is 252 g/mol. The fourth-order valence-corrected chi connectivity index (χ4v) is 3.86. The van der Waals surface area contributed by atoms with Gasteiger partial charge in [-0.05, 0) is 43.5 Å². The zero-order valence-electron chi connectivity index (χ0n) is 10.3. The molecular formula is C12H18N2O3S. The number of nitrogen functional groups attached to an aromatic ring is 1. The van der Waals surface area contributed by atoms with Crippen LogP contribution in [0.25, 0.3) is 0 Å². The lowest BCUT2D eigenvalue weighted by Gasteiger charge is -2.29. The topological polar surface area (TPSA) is 83.6 Å². The number of piperidine rings is 1. The van der Waals surface area contributed by atoms with Crippen molar-refractivity contribution in [3.05, 3.63) is 23.8 Å². The van der Waals surface area contributed by atoms with E-state index < -0.39 is 10.0 Å². The Bertz CT molecular complexity index is 534. The van der Waals surface area contributed by atoms with Crippen LogP contribution in [0.3, 0.4) is 0 Å². The van der Waals surface area contributed by atoms with E-state index >= 15 is 0 Å². The Balaban J connectivity index is 2.30. The summed E-state index contributed by atoms with van der Waals surface area (Å²) < 4.78 is 26.3. The molecule has 6 heteroatoms. The van der Waals surface area contributed by atoms with E-state index in [1.807, 2.05) is 0 Å². The maximum absolute atomic E-state index is 12.4. The van der Waals surface area contributed by atoms with Gasteiger partial charge in [-0.2, -0.15) is 4.31 Å². The van der Waals surface area contributed by atoms with E-state index in [-0.39, 0.29) is 6.10 Å². The normalized spacial score (nSPS) is 19.0. The lowest BCUT2D eigenvalue weighted by molar-refractivity contribution is 0.113. The standard InChI is InChI=1S/C12H18N2O3S/c1-9-8-10(13)2-3-12(9)18(16,17)14-6-4-11(15)5-7-14/h2-3,8,11,15H,4-7,13H2,1H3. The van der Waals surface area contributed by atoms with Crippen molar-refractivity contribution in [3.63, 3.8) is 0 Å². The summed E-state index contributed by atoms with van der Waals surface area (Å²) in [7, 11) is -3.47. The molecule has 18 heavy (non-hydrogen) atoms. The van der Waals surface area contributed by atoms with E-state index in [0.29, 0.717) is 42.1 Å². The van der Waals surface area contributed by atoms with Gasteiger partial charge in [0.15, 0.2) is 0 Å². The van der Waals surface area contributed by atoms with Crippen molar-refractivity contribution in [3.8, 4) is 0 Å². The van der Waals surface area contributed by atoms with Crippen molar-refractivity contribution >= 4 is 15.7 Å². The maximum Gasteiger partial charge on any atom is 0.243 e. The van der Waals surface area contributed by atoms with Crippen LogP contribution in [0.15, 0.2) is 23.1 Å². The number of aryl methyl sites for hydroxylation is 1. The van der Waals surface area contributed by atoms with Crippen molar-refractivity contribution in [2.75, 3.05) is 18.8 Å². The van der Waals surface area contributed by atoms with Gasteiger partial charge in [0, 0.05) is 18.8 Å². The number of anilines is 1. The van der Waals surface area contributed by atoms with Crippen molar-refractivity contribution in [2.24, 2.45) is 0 Å². The minimum Gasteiger partial charge on any atom is -0.399 e. The SMILES string of the molecule is Cc1cc(N)ccc1S(=O)(=O)N1CCC(O)CC1. The summed E-state index contributed by atoms with van der Waals surface area (Å²) in [5, 5.41) is 9.42. The molecule has 1 aliphatic rings. The number of nitrogens with two attached hydrogens (primary N) is 1. The summed E-state index contributed by atoms with van der Waals surface area (Å²) >= 11 is 0. The molecule has 0 radical (unpaired) electrons. The molecule has 2 rings (SSSR count). The summed E-state index contributed by atoms with van der Waals surface area (Å²) in [5.74, 6) is 0. The monoisotopic (exact) mass is 270 g/mol. The van der Waals surface area contributed by atoms with Gasteiger partial charge in [-0.3, -0.25) is 0 Å². The van der Waals surface area contributed by atoms with Gasteiger partial charge in [-0.25, -0.2) is 8.42 Å². The second-order valence-corrected chi connectivity index (χ2v) is 6.57. The molecule has 1 heterocycles. The summed E-state index contributed by atoms with van der Waals surface area (Å²) in [6, 6.07) is 4.80. The quantitative estimate of drug-likeness (QED) is 0.776. The van der Waals surface area contributed by atoms with Crippen LogP contribution in [0.5, 0.6) is 0 Å². The molecule has 3 N–H and O–H groups in total. The van der Waals surface area contributed by atoms with E-state index in [1.165, 1.54) is 4.31 Å². The molecule has 1 saturated heterocycles. The highest BCUT2D eigenvalue weighted by molar-refractivity contribution is 7.89. The molecule has 0 unspecified atom stereocenters. The van der Waals surface area contributed by atoms with Gasteiger partial charge < -0.3 is 10.8 Å². The van der Waals surface area contributed by atoms with Crippen LogP contribution >= 0.6 is 0 Å². The Morgan fingerprint density at radius 2 is 1.94 bits per heavy atom. The van der Waals surface area contributed by atoms with Crippen LogP contribution in [-0.2, 0) is 10.0 Å². The molecule has 5 nitrogen and oxygen atoms in total. The number of aliphatic hydroxyl groups is 1. The molecule has 100 valence electrons. The molecule has 1 aliphatic heterocycles. The number of benzene rings is 1. The minimum absolute atomic E-state index is 0.299. The van der Waals surface area contributed by atoms with Crippen molar-refractivity contribution < 1.29 is 13.5 Å². The predicted molar refractivity (Wildman–Crippen MR) is 69.6 cm³/mol. The lowest BCUT2D eigenvalue weighted by atomic mass is 10.1. The van der Waals surface area contributed by atoms with Crippen LogP contribution in [0.4, 0.5) is 5.69 Å². The van der Waals surface area contributed by atoms with Crippen LogP contribution in [-0.4, -0.2) is 37.0 Å². The van der Waals surface area contributed by atoms with Gasteiger partial charge in [0.25, 0.3) is 0 Å². The molecule has 0 aliphatic carbocycles. The largest absolute Gasteiger partial charge is 0.399 e. The Morgan fingerprint density at radius 3 is 2.50 bits per heavy atom. The first-order chi connectivity index (χ1) is 8.41. The second kappa shape index (κ2) is 4.87. The highest BCUT2D eigenvalue weighted by atomic mass is 32.2. The van der Waals surface area contributed by atoms with Crippen LogP contribution in [0.1, 0.15) is 18.4 Å². The van der Waals surface area contributed by atoms with Crippen LogP contribution < -0.4 is 5.73 Å². The molecule has 0 saturated carbocycles. The van der Waals surface area contributed by atoms with E-state index in [4.69, 9.17) is 5.73 Å². The number of hydrogen-bond donors (Lipinski definition) is 2. The van der Waals surface area contributed by atoms with Gasteiger partial charge in [0.1, 0.15) is 0 Å². The summed E-state index contributed by atoms with van der Waals surface area (Å²) in [4.78, 5) is 0.299. The van der Waals surface area contributed by atoms with Gasteiger partial charge in [0.05, 0.1) is 11.0 Å². The van der Waals surface area contributed by atoms with Gasteiger partial charge in [-0.1, -0.05) is 0 Å². The lowest BCUT2D eigenvalue weighted by Crippen LogP contribution is -2.40. The third-order valence-electron chi connectivity index (χ3n) is 3.24.